The second kappa shape index (κ2) is 16.0. The van der Waals surface area contributed by atoms with Gasteiger partial charge in [-0.05, 0) is 68.9 Å². The van der Waals surface area contributed by atoms with E-state index in [4.69, 9.17) is 23.9 Å². The second-order valence-electron chi connectivity index (χ2n) is 14.1. The van der Waals surface area contributed by atoms with Crippen molar-refractivity contribution in [3.05, 3.63) is 200 Å². The molecule has 1 unspecified atom stereocenters. The summed E-state index contributed by atoms with van der Waals surface area (Å²) in [6.07, 6.45) is 5.04. The monoisotopic (exact) mass is 957 g/mol. The number of para-hydroxylation sites is 4. The third-order valence-electron chi connectivity index (χ3n) is 10.4. The fourth-order valence-corrected chi connectivity index (χ4v) is 7.24. The van der Waals surface area contributed by atoms with E-state index in [1.807, 2.05) is 12.1 Å². The molecule has 0 aliphatic carbocycles. The first kappa shape index (κ1) is 25.0. The van der Waals surface area contributed by atoms with Crippen molar-refractivity contribution in [1.29, 1.82) is 0 Å². The van der Waals surface area contributed by atoms with Gasteiger partial charge in [-0.1, -0.05) is 147 Å². The third kappa shape index (κ3) is 6.96. The smallest absolute Gasteiger partial charge is 0.268 e. The molecule has 0 aliphatic rings. The van der Waals surface area contributed by atoms with E-state index in [0.29, 0.717) is 44.7 Å². The van der Waals surface area contributed by atoms with Crippen molar-refractivity contribution < 1.29 is 49.6 Å². The number of benzene rings is 7. The van der Waals surface area contributed by atoms with Crippen LogP contribution in [0.25, 0.3) is 72.3 Å². The molecule has 3 heterocycles. The molecule has 0 radical (unpaired) electrons. The standard InChI is InChI=1S/C53H40N4O.Pt/c1-36(2)37(3)40-30-31-54-52(32-40)57-48-25-11-10-22-46(48)47-29-28-43(34-51(47)57)58-42-21-14-20-41(33-42)55-35-56(50-27-13-12-26-49(50)55)53-44(38-16-6-4-7-17-38)23-15-24-45(53)39-18-8-5-9-19-39;/h4-32,36-37H,1-3H3;/q-2;/i4D,5D,6D,7D,8D,9D,10D,11D,16D,17D,18D,19D,22D,25D;. The van der Waals surface area contributed by atoms with Crippen LogP contribution in [-0.2, 0) is 21.1 Å². The zero-order chi connectivity index (χ0) is 51.3. The van der Waals surface area contributed by atoms with Gasteiger partial charge in [0.05, 0.1) is 35.9 Å². The van der Waals surface area contributed by atoms with E-state index in [-0.39, 0.29) is 96.1 Å². The summed E-state index contributed by atoms with van der Waals surface area (Å²) in [5.74, 6) is 1.37. The van der Waals surface area contributed by atoms with Crippen LogP contribution in [0.3, 0.4) is 0 Å². The summed E-state index contributed by atoms with van der Waals surface area (Å²) in [7, 11) is 0. The van der Waals surface area contributed by atoms with Gasteiger partial charge in [-0.25, -0.2) is 4.98 Å². The average molecular weight is 958 g/mol. The van der Waals surface area contributed by atoms with Crippen molar-refractivity contribution in [2.24, 2.45) is 5.92 Å². The quantitative estimate of drug-likeness (QED) is 0.107. The van der Waals surface area contributed by atoms with Crippen LogP contribution in [-0.4, -0.2) is 14.1 Å². The largest absolute Gasteiger partial charge is 0.510 e. The van der Waals surface area contributed by atoms with Gasteiger partial charge in [-0.15, -0.1) is 29.7 Å². The van der Waals surface area contributed by atoms with Gasteiger partial charge in [-0.2, -0.15) is 18.2 Å². The molecule has 290 valence electrons. The number of hydrogen-bond acceptors (Lipinski definition) is 2. The SMILES string of the molecule is [2H]c1c([2H])c([2H])c(-c2cccc(-c3c([2H])c([2H])c([2H])c([2H])c3[2H])c2-[n+]2[c-]n(-c3[c-]c(Oc4[c-]c5c(cc4)c4c([2H])c([2H])c([2H])c([2H])c4n5-c4cc(C(C)C(C)C)ccn4)ccc3)c3ccccc32)c([2H])c1[2H].[Pt]. The number of nitrogens with zero attached hydrogens (tertiary/aromatic N) is 4. The number of imidazole rings is 1. The first-order chi connectivity index (χ1) is 34.3. The molecule has 3 aromatic heterocycles. The number of aromatic nitrogens is 4. The zero-order valence-electron chi connectivity index (χ0n) is 45.8. The summed E-state index contributed by atoms with van der Waals surface area (Å²) in [4.78, 5) is 4.69. The number of pyridine rings is 1. The number of ether oxygens (including phenoxy) is 1. The van der Waals surface area contributed by atoms with Crippen LogP contribution < -0.4 is 9.30 Å². The maximum absolute atomic E-state index is 9.03. The molecular weight excluding hydrogens is 904 g/mol. The van der Waals surface area contributed by atoms with Crippen molar-refractivity contribution >= 4 is 32.8 Å². The minimum absolute atomic E-state index is 0. The molecule has 0 bridgehead atoms. The van der Waals surface area contributed by atoms with E-state index >= 15 is 0 Å². The van der Waals surface area contributed by atoms with Gasteiger partial charge in [-0.3, -0.25) is 4.57 Å². The molecule has 59 heavy (non-hydrogen) atoms. The fraction of sp³-hybridized carbons (Fsp3) is 0.0943. The van der Waals surface area contributed by atoms with Crippen LogP contribution in [0, 0.1) is 24.4 Å². The van der Waals surface area contributed by atoms with Crippen molar-refractivity contribution in [2.45, 2.75) is 26.7 Å². The van der Waals surface area contributed by atoms with Crippen LogP contribution >= 0.6 is 0 Å². The van der Waals surface area contributed by atoms with Gasteiger partial charge in [0, 0.05) is 44.3 Å². The van der Waals surface area contributed by atoms with Gasteiger partial charge in [0.15, 0.2) is 0 Å². The Bertz CT molecular complexity index is 3780. The van der Waals surface area contributed by atoms with Crippen LogP contribution in [0.15, 0.2) is 176 Å². The molecule has 7 aromatic carbocycles. The van der Waals surface area contributed by atoms with Crippen LogP contribution in [0.1, 0.15) is 51.4 Å². The summed E-state index contributed by atoms with van der Waals surface area (Å²) >= 11 is 0. The Morgan fingerprint density at radius 2 is 1.34 bits per heavy atom. The summed E-state index contributed by atoms with van der Waals surface area (Å²) in [5, 5.41) is 0.818. The van der Waals surface area contributed by atoms with Crippen LogP contribution in [0.4, 0.5) is 0 Å². The van der Waals surface area contributed by atoms with Gasteiger partial charge in [0.25, 0.3) is 6.33 Å². The summed E-state index contributed by atoms with van der Waals surface area (Å²) < 4.78 is 133. The number of hydrogen-bond donors (Lipinski definition) is 0. The predicted octanol–water partition coefficient (Wildman–Crippen LogP) is 12.7. The summed E-state index contributed by atoms with van der Waals surface area (Å²) in [6.45, 7) is 6.36. The van der Waals surface area contributed by atoms with Gasteiger partial charge >= 0.3 is 0 Å². The van der Waals surface area contributed by atoms with E-state index in [9.17, 15) is 0 Å². The molecule has 0 amide bonds. The average Bonchev–Trinajstić information content (AvgIpc) is 3.94. The molecule has 0 aliphatic heterocycles. The van der Waals surface area contributed by atoms with Gasteiger partial charge < -0.3 is 13.9 Å². The van der Waals surface area contributed by atoms with E-state index in [1.54, 1.807) is 86.6 Å². The molecule has 0 saturated carbocycles. The number of fused-ring (bicyclic) bond motifs is 4. The first-order valence-electron chi connectivity index (χ1n) is 25.7. The Balaban J connectivity index is 0.00000656. The second-order valence-corrected chi connectivity index (χ2v) is 14.1. The number of rotatable bonds is 9. The Labute approximate surface area is 378 Å². The van der Waals surface area contributed by atoms with Gasteiger partial charge in [0.1, 0.15) is 5.82 Å². The first-order valence-corrected chi connectivity index (χ1v) is 18.7. The third-order valence-corrected chi connectivity index (χ3v) is 10.4. The Hall–Kier alpha value is -6.55. The molecule has 0 saturated heterocycles. The maximum atomic E-state index is 9.03. The van der Waals surface area contributed by atoms with Crippen molar-refractivity contribution in [3.8, 4) is 50.9 Å². The molecule has 10 aromatic rings. The molecule has 1 atom stereocenters. The molecule has 0 fully saturated rings. The van der Waals surface area contributed by atoms with Crippen LogP contribution in [0.2, 0.25) is 0 Å². The van der Waals surface area contributed by atoms with Gasteiger partial charge in [0.2, 0.25) is 0 Å². The van der Waals surface area contributed by atoms with Crippen molar-refractivity contribution in [2.75, 3.05) is 0 Å². The van der Waals surface area contributed by atoms with Crippen molar-refractivity contribution in [1.82, 2.24) is 14.1 Å². The molecule has 6 heteroatoms. The molecule has 0 spiro atoms. The van der Waals surface area contributed by atoms with Crippen molar-refractivity contribution in [3.63, 3.8) is 0 Å². The summed E-state index contributed by atoms with van der Waals surface area (Å²) in [6, 6.07) is 24.1. The molecule has 0 N–H and O–H groups in total. The van der Waals surface area contributed by atoms with E-state index in [0.717, 1.165) is 5.56 Å². The Morgan fingerprint density at radius 1 is 0.661 bits per heavy atom. The fourth-order valence-electron chi connectivity index (χ4n) is 7.24. The normalized spacial score (nSPS) is 15.3. The maximum Gasteiger partial charge on any atom is 0.268 e. The van der Waals surface area contributed by atoms with E-state index in [2.05, 4.69) is 44.2 Å². The molecule has 10 rings (SSSR count). The Morgan fingerprint density at radius 3 is 2.08 bits per heavy atom. The van der Waals surface area contributed by atoms with E-state index in [1.165, 1.54) is 6.07 Å². The van der Waals surface area contributed by atoms with E-state index < -0.39 is 60.4 Å². The topological polar surface area (TPSA) is 35.9 Å². The molecule has 5 nitrogen and oxygen atoms in total. The minimum Gasteiger partial charge on any atom is -0.510 e. The Kier molecular flexibility index (Phi) is 6.79. The predicted molar refractivity (Wildman–Crippen MR) is 234 cm³/mol. The zero-order valence-corrected chi connectivity index (χ0v) is 34.1. The minimum atomic E-state index is -0.599. The summed E-state index contributed by atoms with van der Waals surface area (Å²) in [5.41, 5.74) is 3.07. The van der Waals surface area contributed by atoms with Crippen LogP contribution in [0.5, 0.6) is 11.5 Å². The molecular formula is C53H40N4OPt-2.